The minimum atomic E-state index is -0.423. The van der Waals surface area contributed by atoms with Gasteiger partial charge in [0.25, 0.3) is 0 Å². The lowest BCUT2D eigenvalue weighted by molar-refractivity contribution is 0.112. The average Bonchev–Trinajstić information content (AvgIpc) is 2.46. The molecule has 2 rings (SSSR count). The number of carbonyl (C=O) groups is 1. The summed E-state index contributed by atoms with van der Waals surface area (Å²) in [5.74, 6) is 0.705. The second-order valence-electron chi connectivity index (χ2n) is 3.89. The summed E-state index contributed by atoms with van der Waals surface area (Å²) in [6.07, 6.45) is 0.364. The molecule has 0 saturated carbocycles. The number of hydrogen-bond acceptors (Lipinski definition) is 3. The van der Waals surface area contributed by atoms with Crippen molar-refractivity contribution in [2.24, 2.45) is 0 Å². The van der Waals surface area contributed by atoms with Gasteiger partial charge in [-0.2, -0.15) is 0 Å². The SMILES string of the molecule is O=Cc1ccc(C(CO)Oc2ccccc2)cc1. The van der Waals surface area contributed by atoms with E-state index in [4.69, 9.17) is 4.74 Å². The first-order valence-corrected chi connectivity index (χ1v) is 5.71. The summed E-state index contributed by atoms with van der Waals surface area (Å²) in [7, 11) is 0. The first-order valence-electron chi connectivity index (χ1n) is 5.71. The molecule has 2 aromatic carbocycles. The molecule has 0 aromatic heterocycles. The lowest BCUT2D eigenvalue weighted by Crippen LogP contribution is -2.12. The van der Waals surface area contributed by atoms with Gasteiger partial charge in [0.1, 0.15) is 18.1 Å². The zero-order valence-corrected chi connectivity index (χ0v) is 9.82. The molecule has 3 heteroatoms. The van der Waals surface area contributed by atoms with Crippen molar-refractivity contribution in [2.75, 3.05) is 6.61 Å². The number of aliphatic hydroxyl groups excluding tert-OH is 1. The van der Waals surface area contributed by atoms with Crippen molar-refractivity contribution in [1.29, 1.82) is 0 Å². The molecule has 2 aromatic rings. The van der Waals surface area contributed by atoms with Crippen LogP contribution in [0.25, 0.3) is 0 Å². The van der Waals surface area contributed by atoms with Gasteiger partial charge in [-0.05, 0) is 17.7 Å². The summed E-state index contributed by atoms with van der Waals surface area (Å²) in [5, 5.41) is 9.37. The van der Waals surface area contributed by atoms with Crippen LogP contribution in [-0.2, 0) is 0 Å². The van der Waals surface area contributed by atoms with Crippen LogP contribution in [0.5, 0.6) is 5.75 Å². The molecule has 92 valence electrons. The van der Waals surface area contributed by atoms with Crippen molar-refractivity contribution >= 4 is 6.29 Å². The average molecular weight is 242 g/mol. The van der Waals surface area contributed by atoms with Crippen LogP contribution >= 0.6 is 0 Å². The van der Waals surface area contributed by atoms with E-state index in [-0.39, 0.29) is 6.61 Å². The number of hydrogen-bond donors (Lipinski definition) is 1. The molecule has 0 amide bonds. The van der Waals surface area contributed by atoms with Crippen LogP contribution in [0.2, 0.25) is 0 Å². The van der Waals surface area contributed by atoms with Crippen LogP contribution in [0, 0.1) is 0 Å². The van der Waals surface area contributed by atoms with Gasteiger partial charge in [-0.1, -0.05) is 42.5 Å². The van der Waals surface area contributed by atoms with Gasteiger partial charge in [-0.25, -0.2) is 0 Å². The Labute approximate surface area is 106 Å². The molecule has 1 unspecified atom stereocenters. The molecule has 0 saturated heterocycles. The second kappa shape index (κ2) is 5.98. The maximum absolute atomic E-state index is 10.6. The normalized spacial score (nSPS) is 11.8. The van der Waals surface area contributed by atoms with Gasteiger partial charge in [0.05, 0.1) is 6.61 Å². The summed E-state index contributed by atoms with van der Waals surface area (Å²) >= 11 is 0. The van der Waals surface area contributed by atoms with Crippen molar-refractivity contribution in [3.8, 4) is 5.75 Å². The Morgan fingerprint density at radius 2 is 1.72 bits per heavy atom. The molecule has 0 aliphatic heterocycles. The Balaban J connectivity index is 2.15. The topological polar surface area (TPSA) is 46.5 Å². The maximum Gasteiger partial charge on any atom is 0.150 e. The molecule has 0 radical (unpaired) electrons. The standard InChI is InChI=1S/C15H14O3/c16-10-12-6-8-13(9-7-12)15(11-17)18-14-4-2-1-3-5-14/h1-10,15,17H,11H2. The number of aliphatic hydroxyl groups is 1. The lowest BCUT2D eigenvalue weighted by Gasteiger charge is -2.17. The fraction of sp³-hybridized carbons (Fsp3) is 0.133. The number of benzene rings is 2. The van der Waals surface area contributed by atoms with Crippen molar-refractivity contribution in [1.82, 2.24) is 0 Å². The Hall–Kier alpha value is -2.13. The third-order valence-electron chi connectivity index (χ3n) is 2.63. The molecule has 0 heterocycles. The summed E-state index contributed by atoms with van der Waals surface area (Å²) in [4.78, 5) is 10.6. The molecular formula is C15H14O3. The van der Waals surface area contributed by atoms with Crippen LogP contribution in [0.15, 0.2) is 54.6 Å². The predicted octanol–water partition coefficient (Wildman–Crippen LogP) is 2.61. The van der Waals surface area contributed by atoms with Gasteiger partial charge in [0.15, 0.2) is 0 Å². The highest BCUT2D eigenvalue weighted by Crippen LogP contribution is 2.21. The smallest absolute Gasteiger partial charge is 0.150 e. The first kappa shape index (κ1) is 12.3. The van der Waals surface area contributed by atoms with Crippen molar-refractivity contribution in [3.05, 3.63) is 65.7 Å². The van der Waals surface area contributed by atoms with Crippen molar-refractivity contribution in [2.45, 2.75) is 6.10 Å². The zero-order chi connectivity index (χ0) is 12.8. The number of ether oxygens (including phenoxy) is 1. The van der Waals surface area contributed by atoms with Crippen LogP contribution < -0.4 is 4.74 Å². The molecule has 0 fully saturated rings. The fourth-order valence-corrected chi connectivity index (χ4v) is 1.66. The van der Waals surface area contributed by atoms with E-state index in [1.807, 2.05) is 30.3 Å². The Morgan fingerprint density at radius 1 is 1.06 bits per heavy atom. The van der Waals surface area contributed by atoms with E-state index in [0.717, 1.165) is 11.8 Å². The van der Waals surface area contributed by atoms with E-state index >= 15 is 0 Å². The number of rotatable bonds is 5. The second-order valence-corrected chi connectivity index (χ2v) is 3.89. The van der Waals surface area contributed by atoms with Gasteiger partial charge >= 0.3 is 0 Å². The van der Waals surface area contributed by atoms with Crippen molar-refractivity contribution in [3.63, 3.8) is 0 Å². The highest BCUT2D eigenvalue weighted by atomic mass is 16.5. The molecular weight excluding hydrogens is 228 g/mol. The fourth-order valence-electron chi connectivity index (χ4n) is 1.66. The third kappa shape index (κ3) is 2.96. The minimum Gasteiger partial charge on any atom is -0.483 e. The molecule has 1 N–H and O–H groups in total. The van der Waals surface area contributed by atoms with E-state index < -0.39 is 6.10 Å². The third-order valence-corrected chi connectivity index (χ3v) is 2.63. The summed E-state index contributed by atoms with van der Waals surface area (Å²) in [6.45, 7) is -0.116. The van der Waals surface area contributed by atoms with Crippen LogP contribution in [0.3, 0.4) is 0 Å². The van der Waals surface area contributed by atoms with E-state index in [1.165, 1.54) is 0 Å². The summed E-state index contributed by atoms with van der Waals surface area (Å²) in [6, 6.07) is 16.3. The highest BCUT2D eigenvalue weighted by Gasteiger charge is 2.11. The molecule has 1 atom stereocenters. The van der Waals surface area contributed by atoms with Gasteiger partial charge in [-0.15, -0.1) is 0 Å². The quantitative estimate of drug-likeness (QED) is 0.820. The number of carbonyl (C=O) groups excluding carboxylic acids is 1. The molecule has 0 aliphatic carbocycles. The molecule has 0 aliphatic rings. The number of aldehydes is 1. The van der Waals surface area contributed by atoms with E-state index in [2.05, 4.69) is 0 Å². The monoisotopic (exact) mass is 242 g/mol. The highest BCUT2D eigenvalue weighted by molar-refractivity contribution is 5.74. The van der Waals surface area contributed by atoms with E-state index in [0.29, 0.717) is 11.3 Å². The zero-order valence-electron chi connectivity index (χ0n) is 9.82. The summed E-state index contributed by atoms with van der Waals surface area (Å²) in [5.41, 5.74) is 1.45. The lowest BCUT2D eigenvalue weighted by atomic mass is 10.1. The Morgan fingerprint density at radius 3 is 2.28 bits per heavy atom. The molecule has 0 bridgehead atoms. The van der Waals surface area contributed by atoms with Gasteiger partial charge in [-0.3, -0.25) is 4.79 Å². The van der Waals surface area contributed by atoms with Gasteiger partial charge < -0.3 is 9.84 Å². The first-order chi connectivity index (χ1) is 8.83. The molecule has 0 spiro atoms. The molecule has 3 nitrogen and oxygen atoms in total. The van der Waals surface area contributed by atoms with E-state index in [1.54, 1.807) is 24.3 Å². The summed E-state index contributed by atoms with van der Waals surface area (Å²) < 4.78 is 5.68. The van der Waals surface area contributed by atoms with Crippen LogP contribution in [-0.4, -0.2) is 18.0 Å². The largest absolute Gasteiger partial charge is 0.483 e. The van der Waals surface area contributed by atoms with Gasteiger partial charge in [0, 0.05) is 5.56 Å². The maximum atomic E-state index is 10.6. The van der Waals surface area contributed by atoms with E-state index in [9.17, 15) is 9.90 Å². The number of para-hydroxylation sites is 1. The van der Waals surface area contributed by atoms with Crippen LogP contribution in [0.1, 0.15) is 22.0 Å². The minimum absolute atomic E-state index is 0.116. The Kier molecular flexibility index (Phi) is 4.10. The predicted molar refractivity (Wildman–Crippen MR) is 68.7 cm³/mol. The Bertz CT molecular complexity index is 491. The molecule has 18 heavy (non-hydrogen) atoms. The van der Waals surface area contributed by atoms with Crippen molar-refractivity contribution < 1.29 is 14.6 Å². The van der Waals surface area contributed by atoms with Crippen LogP contribution in [0.4, 0.5) is 0 Å². The van der Waals surface area contributed by atoms with Gasteiger partial charge in [0.2, 0.25) is 0 Å².